The molecule has 1 amide bonds. The first-order valence-corrected chi connectivity index (χ1v) is 10.2. The minimum absolute atomic E-state index is 0.0901. The molecular formula is C18H19ClN7OS+. The van der Waals surface area contributed by atoms with Crippen LogP contribution in [-0.2, 0) is 4.79 Å². The van der Waals surface area contributed by atoms with Crippen LogP contribution in [0.15, 0.2) is 53.8 Å². The van der Waals surface area contributed by atoms with Crippen LogP contribution in [0.5, 0.6) is 0 Å². The number of nitrogens with one attached hydrogen (secondary N) is 1. The molecule has 3 aromatic rings. The van der Waals surface area contributed by atoms with E-state index in [1.807, 2.05) is 41.4 Å². The van der Waals surface area contributed by atoms with Gasteiger partial charge in [0.05, 0.1) is 30.7 Å². The standard InChI is InChI=1S/C18H18ClN7OS/c19-14-4-6-15(7-5-14)26-18(21-22-23-26)28-13-17(27)25-11-9-24(10-12-25)16-3-1-2-8-20-16/h1-8H,9-13H2/p+1. The normalized spacial score (nSPS) is 14.3. The number of rotatable bonds is 5. The van der Waals surface area contributed by atoms with E-state index in [4.69, 9.17) is 11.6 Å². The third kappa shape index (κ3) is 4.26. The van der Waals surface area contributed by atoms with E-state index in [0.29, 0.717) is 29.0 Å². The molecule has 0 aliphatic carbocycles. The molecule has 1 aliphatic rings. The number of carbonyl (C=O) groups is 1. The zero-order valence-electron chi connectivity index (χ0n) is 15.0. The van der Waals surface area contributed by atoms with Gasteiger partial charge in [-0.05, 0) is 40.8 Å². The maximum absolute atomic E-state index is 12.6. The molecule has 1 saturated heterocycles. The number of anilines is 1. The van der Waals surface area contributed by atoms with Crippen LogP contribution in [0.1, 0.15) is 0 Å². The zero-order chi connectivity index (χ0) is 19.3. The van der Waals surface area contributed by atoms with Crippen molar-refractivity contribution in [3.8, 4) is 5.69 Å². The Labute approximate surface area is 171 Å². The van der Waals surface area contributed by atoms with Crippen molar-refractivity contribution in [3.05, 3.63) is 53.7 Å². The van der Waals surface area contributed by atoms with E-state index >= 15 is 0 Å². The van der Waals surface area contributed by atoms with E-state index in [0.717, 1.165) is 24.6 Å². The van der Waals surface area contributed by atoms with Crippen LogP contribution < -0.4 is 9.88 Å². The van der Waals surface area contributed by atoms with Crippen molar-refractivity contribution in [2.45, 2.75) is 5.16 Å². The predicted molar refractivity (Wildman–Crippen MR) is 107 cm³/mol. The minimum atomic E-state index is 0.0901. The molecule has 2 aromatic heterocycles. The average Bonchev–Trinajstić information content (AvgIpc) is 3.22. The summed E-state index contributed by atoms with van der Waals surface area (Å²) in [5.74, 6) is 1.46. The first-order valence-electron chi connectivity index (χ1n) is 8.87. The van der Waals surface area contributed by atoms with Crippen LogP contribution in [0.25, 0.3) is 5.69 Å². The number of H-pyrrole nitrogens is 1. The Morgan fingerprint density at radius 1 is 1.11 bits per heavy atom. The van der Waals surface area contributed by atoms with Gasteiger partial charge in [0.2, 0.25) is 11.1 Å². The molecule has 28 heavy (non-hydrogen) atoms. The predicted octanol–water partition coefficient (Wildman–Crippen LogP) is 1.57. The smallest absolute Gasteiger partial charge is 0.274 e. The van der Waals surface area contributed by atoms with Crippen molar-refractivity contribution >= 4 is 35.1 Å². The van der Waals surface area contributed by atoms with Crippen molar-refractivity contribution in [2.75, 3.05) is 36.8 Å². The molecule has 4 rings (SSSR count). The van der Waals surface area contributed by atoms with E-state index in [2.05, 4.69) is 25.4 Å². The Morgan fingerprint density at radius 3 is 2.61 bits per heavy atom. The lowest BCUT2D eigenvalue weighted by Crippen LogP contribution is -2.50. The van der Waals surface area contributed by atoms with Gasteiger partial charge in [0.1, 0.15) is 13.1 Å². The third-order valence-electron chi connectivity index (χ3n) is 4.50. The van der Waals surface area contributed by atoms with Crippen molar-refractivity contribution < 1.29 is 9.78 Å². The van der Waals surface area contributed by atoms with Crippen molar-refractivity contribution in [1.82, 2.24) is 25.1 Å². The Balaban J connectivity index is 1.32. The fourth-order valence-corrected chi connectivity index (χ4v) is 3.93. The maximum atomic E-state index is 12.6. The van der Waals surface area contributed by atoms with Gasteiger partial charge in [-0.1, -0.05) is 29.4 Å². The lowest BCUT2D eigenvalue weighted by atomic mass is 10.3. The zero-order valence-corrected chi connectivity index (χ0v) is 16.6. The lowest BCUT2D eigenvalue weighted by molar-refractivity contribution is -0.364. The topological polar surface area (TPSA) is 81.3 Å². The van der Waals surface area contributed by atoms with Gasteiger partial charge in [-0.2, -0.15) is 4.68 Å². The highest BCUT2D eigenvalue weighted by atomic mass is 35.5. The molecule has 1 aliphatic heterocycles. The highest BCUT2D eigenvalue weighted by molar-refractivity contribution is 7.99. The summed E-state index contributed by atoms with van der Waals surface area (Å²) < 4.78 is 1.61. The number of pyridine rings is 1. The number of aromatic amines is 1. The van der Waals surface area contributed by atoms with E-state index < -0.39 is 0 Å². The molecule has 1 fully saturated rings. The Hall–Kier alpha value is -2.65. The van der Waals surface area contributed by atoms with Crippen LogP contribution in [0.2, 0.25) is 5.02 Å². The number of thioether (sulfide) groups is 1. The molecule has 1 aromatic carbocycles. The lowest BCUT2D eigenvalue weighted by Gasteiger charge is -2.30. The number of hydrogen-bond acceptors (Lipinski definition) is 6. The molecule has 0 unspecified atom stereocenters. The quantitative estimate of drug-likeness (QED) is 0.587. The number of amides is 1. The van der Waals surface area contributed by atoms with Crippen molar-refractivity contribution in [2.24, 2.45) is 0 Å². The Morgan fingerprint density at radius 2 is 1.89 bits per heavy atom. The maximum Gasteiger partial charge on any atom is 0.274 e. The van der Waals surface area contributed by atoms with Gasteiger partial charge >= 0.3 is 0 Å². The summed E-state index contributed by atoms with van der Waals surface area (Å²) in [6.07, 6.45) is 1.91. The second-order valence-corrected chi connectivity index (χ2v) is 7.63. The van der Waals surface area contributed by atoms with Crippen LogP contribution in [0, 0.1) is 0 Å². The van der Waals surface area contributed by atoms with Crippen LogP contribution >= 0.6 is 23.4 Å². The minimum Gasteiger partial charge on any atom is -0.334 e. The van der Waals surface area contributed by atoms with E-state index in [1.54, 1.807) is 16.8 Å². The molecule has 8 nitrogen and oxygen atoms in total. The summed E-state index contributed by atoms with van der Waals surface area (Å²) in [6.45, 7) is 3.01. The second-order valence-electron chi connectivity index (χ2n) is 6.25. The first kappa shape index (κ1) is 18.7. The van der Waals surface area contributed by atoms with E-state index in [1.165, 1.54) is 11.8 Å². The highest BCUT2D eigenvalue weighted by Crippen LogP contribution is 2.20. The summed E-state index contributed by atoms with van der Waals surface area (Å²) in [6, 6.07) is 13.2. The van der Waals surface area contributed by atoms with Crippen molar-refractivity contribution in [3.63, 3.8) is 0 Å². The van der Waals surface area contributed by atoms with Gasteiger partial charge in [0.15, 0.2) is 0 Å². The van der Waals surface area contributed by atoms with Gasteiger partial charge in [-0.15, -0.1) is 5.10 Å². The number of nitrogens with zero attached hydrogens (tertiary/aromatic N) is 6. The first-order chi connectivity index (χ1) is 13.7. The van der Waals surface area contributed by atoms with Gasteiger partial charge in [-0.3, -0.25) is 9.69 Å². The monoisotopic (exact) mass is 416 g/mol. The molecule has 0 saturated carbocycles. The molecule has 0 bridgehead atoms. The number of aromatic nitrogens is 5. The van der Waals surface area contributed by atoms with Gasteiger partial charge < -0.3 is 4.90 Å². The molecule has 10 heteroatoms. The number of piperazine rings is 1. The number of hydrogen-bond donors (Lipinski definition) is 0. The summed E-state index contributed by atoms with van der Waals surface area (Å²) >= 11 is 7.26. The summed E-state index contributed by atoms with van der Waals surface area (Å²) in [5, 5.41) is 13.0. The van der Waals surface area contributed by atoms with E-state index in [9.17, 15) is 4.79 Å². The number of halogens is 1. The number of carbonyl (C=O) groups excluding carboxylic acids is 1. The summed E-state index contributed by atoms with van der Waals surface area (Å²) in [5.41, 5.74) is 0.803. The van der Waals surface area contributed by atoms with Gasteiger partial charge in [-0.25, -0.2) is 4.98 Å². The average molecular weight is 417 g/mol. The molecular weight excluding hydrogens is 398 g/mol. The molecule has 0 atom stereocenters. The highest BCUT2D eigenvalue weighted by Gasteiger charge is 2.26. The fourth-order valence-electron chi connectivity index (χ4n) is 3.01. The fraction of sp³-hybridized carbons (Fsp3) is 0.278. The molecule has 3 heterocycles. The molecule has 1 N–H and O–H groups in total. The van der Waals surface area contributed by atoms with Crippen LogP contribution in [0.3, 0.4) is 0 Å². The van der Waals surface area contributed by atoms with Crippen LogP contribution in [-0.4, -0.2) is 62.9 Å². The van der Waals surface area contributed by atoms with Gasteiger partial charge in [0, 0.05) is 11.1 Å². The van der Waals surface area contributed by atoms with Gasteiger partial charge in [0.25, 0.3) is 5.82 Å². The largest absolute Gasteiger partial charge is 0.334 e. The molecule has 0 spiro atoms. The molecule has 144 valence electrons. The van der Waals surface area contributed by atoms with Crippen molar-refractivity contribution in [1.29, 1.82) is 0 Å². The number of tetrazole rings is 1. The summed E-state index contributed by atoms with van der Waals surface area (Å²) in [7, 11) is 0. The number of benzene rings is 1. The summed E-state index contributed by atoms with van der Waals surface area (Å²) in [4.78, 5) is 20.0. The molecule has 0 radical (unpaired) electrons. The van der Waals surface area contributed by atoms with Crippen LogP contribution in [0.4, 0.5) is 5.82 Å². The Kier molecular flexibility index (Phi) is 5.73. The van der Waals surface area contributed by atoms with E-state index in [-0.39, 0.29) is 5.91 Å². The SMILES string of the molecule is O=C(CSc1nnnn1-c1ccc(Cl)cc1)N1CCN(c2cccc[nH+]2)CC1. The second kappa shape index (κ2) is 8.57. The third-order valence-corrected chi connectivity index (χ3v) is 5.66. The Bertz CT molecular complexity index is 927.